The summed E-state index contributed by atoms with van der Waals surface area (Å²) in [6.45, 7) is 7.24. The fraction of sp³-hybridized carbons (Fsp3) is 0.436. The number of rotatable bonds is 14. The first kappa shape index (κ1) is 46.8. The van der Waals surface area contributed by atoms with E-state index in [0.29, 0.717) is 58.9 Å². The summed E-state index contributed by atoms with van der Waals surface area (Å²) in [5.41, 5.74) is 3.86. The number of hydrogen-bond donors (Lipinski definition) is 5. The van der Waals surface area contributed by atoms with Crippen molar-refractivity contribution < 1.29 is 66.4 Å². The summed E-state index contributed by atoms with van der Waals surface area (Å²) in [6, 6.07) is 8.25. The Morgan fingerprint density at radius 3 is 1.38 bits per heavy atom. The Morgan fingerprint density at radius 2 is 1.05 bits per heavy atom. The molecule has 0 amide bonds. The average molecular weight is 913 g/mol. The predicted octanol–water partition coefficient (Wildman–Crippen LogP) is 4.60. The van der Waals surface area contributed by atoms with Crippen LogP contribution in [0, 0.1) is 0 Å². The Balaban J connectivity index is 1.64. The molecule has 2 aliphatic heterocycles. The Morgan fingerprint density at radius 1 is 0.667 bits per heavy atom. The molecule has 2 aromatic carbocycles. The molecule has 0 spiro atoms. The number of hydrogen-bond acceptors (Lipinski definition) is 11. The molecule has 2 heterocycles. The van der Waals surface area contributed by atoms with Crippen LogP contribution < -0.4 is 9.80 Å². The maximum absolute atomic E-state index is 12.1. The Labute approximate surface area is 351 Å². The van der Waals surface area contributed by atoms with Gasteiger partial charge in [0.05, 0.1) is 21.3 Å². The SMILES string of the molecule is C[N+](CC(=O)O)=C1/C(=C/C=C2\N(CCCS(=O)(=O)O)c3ccc(S(=O)(=O)O)cc3C2(C)C)CCC/C1=C\C=C1/N(CCCS(=O)(=O)O)c2ccc(S(=O)(=O)O)cc2C1(C)C. The average Bonchev–Trinajstić information content (AvgIpc) is 3.45. The zero-order valence-corrected chi connectivity index (χ0v) is 37.0. The third-order valence-electron chi connectivity index (χ3n) is 11.0. The first-order valence-corrected chi connectivity index (χ1v) is 24.9. The Hall–Kier alpha value is -4.22. The van der Waals surface area contributed by atoms with Gasteiger partial charge in [-0.2, -0.15) is 33.7 Å². The van der Waals surface area contributed by atoms with Crippen LogP contribution in [-0.4, -0.2) is 111 Å². The monoisotopic (exact) mass is 912 g/mol. The van der Waals surface area contributed by atoms with Gasteiger partial charge < -0.3 is 14.9 Å². The third kappa shape index (κ3) is 10.4. The highest BCUT2D eigenvalue weighted by Gasteiger charge is 2.42. The maximum atomic E-state index is 12.1. The van der Waals surface area contributed by atoms with Gasteiger partial charge in [0.2, 0.25) is 12.3 Å². The van der Waals surface area contributed by atoms with Gasteiger partial charge in [0, 0.05) is 57.8 Å². The lowest BCUT2D eigenvalue weighted by Crippen LogP contribution is -2.30. The van der Waals surface area contributed by atoms with Crippen molar-refractivity contribution in [1.82, 2.24) is 0 Å². The second kappa shape index (κ2) is 16.9. The highest BCUT2D eigenvalue weighted by molar-refractivity contribution is 7.86. The van der Waals surface area contributed by atoms with Crippen LogP contribution in [-0.2, 0) is 56.1 Å². The van der Waals surface area contributed by atoms with Crippen molar-refractivity contribution in [2.45, 2.75) is 80.4 Å². The van der Waals surface area contributed by atoms with Crippen LogP contribution >= 0.6 is 0 Å². The molecule has 3 aliphatic rings. The number of allylic oxidation sites excluding steroid dienone is 8. The molecular formula is C39H50N3O14S4+. The van der Waals surface area contributed by atoms with Gasteiger partial charge in [0.25, 0.3) is 40.5 Å². The van der Waals surface area contributed by atoms with Gasteiger partial charge in [-0.1, -0.05) is 39.8 Å². The van der Waals surface area contributed by atoms with Gasteiger partial charge >= 0.3 is 5.97 Å². The summed E-state index contributed by atoms with van der Waals surface area (Å²) in [5, 5.41) is 9.86. The third-order valence-corrected chi connectivity index (χ3v) is 14.3. The molecule has 0 aromatic heterocycles. The van der Waals surface area contributed by atoms with E-state index >= 15 is 0 Å². The number of likely N-dealkylation sites (N-methyl/N-ethyl adjacent to an activating group) is 1. The van der Waals surface area contributed by atoms with Crippen LogP contribution in [0.5, 0.6) is 0 Å². The summed E-state index contributed by atoms with van der Waals surface area (Å²) in [6.07, 6.45) is 9.04. The van der Waals surface area contributed by atoms with E-state index in [1.54, 1.807) is 11.6 Å². The molecule has 5 rings (SSSR count). The molecule has 0 saturated heterocycles. The van der Waals surface area contributed by atoms with Crippen molar-refractivity contribution in [1.29, 1.82) is 0 Å². The van der Waals surface area contributed by atoms with Crippen molar-refractivity contribution >= 4 is 63.5 Å². The summed E-state index contributed by atoms with van der Waals surface area (Å²) in [4.78, 5) is 15.1. The molecule has 0 atom stereocenters. The second-order valence-corrected chi connectivity index (χ2v) is 22.1. The lowest BCUT2D eigenvalue weighted by molar-refractivity contribution is -0.486. The smallest absolute Gasteiger partial charge is 0.369 e. The minimum absolute atomic E-state index is 0.0206. The standard InChI is InChI=1S/C39H49N3O14S4/c1-38(2)30-23-28(59(51,52)53)13-15-32(30)41(19-7-21-57(45,46)47)34(38)17-11-26-9-6-10-27(37(26)40(5)25-36(43)44)12-18-35-39(3,4)31-24-29(60(54,55)56)14-16-33(31)42(35)20-8-22-58(48,49)50/h11-18,23-24H,6-10,19-22,25H2,1-5H3,(H4-,43,44,45,46,47,48,49,50,51,52,53,54,55,56)/p+1. The fourth-order valence-corrected chi connectivity index (χ4v) is 10.3. The van der Waals surface area contributed by atoms with Gasteiger partial charge in [-0.15, -0.1) is 0 Å². The topological polar surface area (TPSA) is 264 Å². The zero-order chi connectivity index (χ0) is 44.8. The van der Waals surface area contributed by atoms with Crippen molar-refractivity contribution in [2.75, 3.05) is 48.0 Å². The molecule has 328 valence electrons. The summed E-state index contributed by atoms with van der Waals surface area (Å²) in [7, 11) is -16.1. The quantitative estimate of drug-likeness (QED) is 0.128. The molecule has 1 fully saturated rings. The lowest BCUT2D eigenvalue weighted by atomic mass is 9.82. The van der Waals surface area contributed by atoms with Gasteiger partial charge in [0.15, 0.2) is 0 Å². The van der Waals surface area contributed by atoms with E-state index in [1.807, 2.05) is 61.8 Å². The molecule has 21 heteroatoms. The minimum atomic E-state index is -4.57. The molecule has 2 aromatic rings. The number of fused-ring (bicyclic) bond motifs is 2. The van der Waals surface area contributed by atoms with E-state index in [2.05, 4.69) is 0 Å². The van der Waals surface area contributed by atoms with Crippen LogP contribution in [0.15, 0.2) is 93.0 Å². The molecule has 1 aliphatic carbocycles. The van der Waals surface area contributed by atoms with Crippen LogP contribution in [0.1, 0.15) is 70.9 Å². The summed E-state index contributed by atoms with van der Waals surface area (Å²) < 4.78 is 135. The number of carboxylic acids is 1. The van der Waals surface area contributed by atoms with E-state index in [9.17, 15) is 61.8 Å². The molecule has 1 saturated carbocycles. The van der Waals surface area contributed by atoms with E-state index in [1.165, 1.54) is 36.4 Å². The van der Waals surface area contributed by atoms with Gasteiger partial charge in [-0.3, -0.25) is 18.2 Å². The molecule has 0 unspecified atom stereocenters. The van der Waals surface area contributed by atoms with Crippen molar-refractivity contribution in [3.63, 3.8) is 0 Å². The van der Waals surface area contributed by atoms with Crippen LogP contribution in [0.3, 0.4) is 0 Å². The van der Waals surface area contributed by atoms with E-state index < -0.39 is 68.8 Å². The van der Waals surface area contributed by atoms with Crippen LogP contribution in [0.4, 0.5) is 11.4 Å². The molecule has 0 bridgehead atoms. The van der Waals surface area contributed by atoms with E-state index in [-0.39, 0.29) is 42.3 Å². The first-order valence-electron chi connectivity index (χ1n) is 18.8. The Kier molecular flexibility index (Phi) is 13.2. The highest BCUT2D eigenvalue weighted by Crippen LogP contribution is 2.50. The zero-order valence-electron chi connectivity index (χ0n) is 33.7. The number of anilines is 2. The lowest BCUT2D eigenvalue weighted by Gasteiger charge is -2.27. The van der Waals surface area contributed by atoms with Crippen LogP contribution in [0.25, 0.3) is 0 Å². The van der Waals surface area contributed by atoms with Crippen LogP contribution in [0.2, 0.25) is 0 Å². The highest BCUT2D eigenvalue weighted by atomic mass is 32.2. The predicted molar refractivity (Wildman–Crippen MR) is 225 cm³/mol. The number of benzene rings is 2. The molecule has 0 radical (unpaired) electrons. The number of carbonyl (C=O) groups is 1. The molecule has 60 heavy (non-hydrogen) atoms. The molecular weight excluding hydrogens is 863 g/mol. The van der Waals surface area contributed by atoms with E-state index in [4.69, 9.17) is 0 Å². The maximum Gasteiger partial charge on any atom is 0.369 e. The van der Waals surface area contributed by atoms with Crippen molar-refractivity contribution in [2.24, 2.45) is 0 Å². The normalized spacial score (nSPS) is 20.6. The fourth-order valence-electron chi connectivity index (χ4n) is 8.29. The van der Waals surface area contributed by atoms with Gasteiger partial charge in [0.1, 0.15) is 7.05 Å². The minimum Gasteiger partial charge on any atom is -0.477 e. The Bertz CT molecular complexity index is 2540. The van der Waals surface area contributed by atoms with Crippen molar-refractivity contribution in [3.8, 4) is 0 Å². The number of nitrogens with zero attached hydrogens (tertiary/aromatic N) is 3. The van der Waals surface area contributed by atoms with Gasteiger partial charge in [-0.25, -0.2) is 9.37 Å². The van der Waals surface area contributed by atoms with Crippen molar-refractivity contribution in [3.05, 3.63) is 94.4 Å². The van der Waals surface area contributed by atoms with E-state index in [0.717, 1.165) is 11.1 Å². The summed E-state index contributed by atoms with van der Waals surface area (Å²) >= 11 is 0. The molecule has 17 nitrogen and oxygen atoms in total. The van der Waals surface area contributed by atoms with Gasteiger partial charge in [-0.05, 0) is 91.8 Å². The number of aliphatic carboxylic acids is 1. The number of carboxylic acid groups (broad SMARTS) is 1. The second-order valence-electron chi connectivity index (χ2n) is 16.1. The summed E-state index contributed by atoms with van der Waals surface area (Å²) in [5.74, 6) is -2.15. The first-order chi connectivity index (χ1) is 27.5. The largest absolute Gasteiger partial charge is 0.477 e. The molecule has 5 N–H and O–H groups in total.